The van der Waals surface area contributed by atoms with Gasteiger partial charge in [0.2, 0.25) is 0 Å². The molecular weight excluding hydrogens is 268 g/mol. The van der Waals surface area contributed by atoms with Crippen molar-refractivity contribution < 1.29 is 17.2 Å². The van der Waals surface area contributed by atoms with Crippen LogP contribution in [0.4, 0.5) is 0 Å². The molecule has 0 saturated carbocycles. The monoisotopic (exact) mass is 286 g/mol. The van der Waals surface area contributed by atoms with E-state index in [1.54, 1.807) is 0 Å². The number of hydrogen-bond acceptors (Lipinski definition) is 5. The molecule has 1 heterocycles. The van der Waals surface area contributed by atoms with Gasteiger partial charge in [0, 0.05) is 26.0 Å². The van der Waals surface area contributed by atoms with Crippen LogP contribution in [0.25, 0.3) is 0 Å². The van der Waals surface area contributed by atoms with E-state index in [1.807, 2.05) is 0 Å². The zero-order chi connectivity index (χ0) is 14.3. The van der Waals surface area contributed by atoms with E-state index < -0.39 is 10.4 Å². The second-order valence-electron chi connectivity index (χ2n) is 4.02. The van der Waals surface area contributed by atoms with Gasteiger partial charge in [0.25, 0.3) is 0 Å². The summed E-state index contributed by atoms with van der Waals surface area (Å²) in [6, 6.07) is 10.5. The first kappa shape index (κ1) is 15.5. The minimum atomic E-state index is -4.16. The molecule has 0 saturated heterocycles. The van der Waals surface area contributed by atoms with E-state index in [-0.39, 0.29) is 0 Å². The standard InChI is InChI=1S/C11H14N2.CH4O4S/c1-12-7-8-13(10-12)9-11-5-3-2-4-6-11;1-5-6(2,3)4/h2-8H,9-10H2,1H3;1H3,(H,2,3,4). The highest BCUT2D eigenvalue weighted by Crippen LogP contribution is 2.09. The third kappa shape index (κ3) is 6.80. The number of rotatable bonds is 3. The van der Waals surface area contributed by atoms with Crippen LogP contribution < -0.4 is 0 Å². The summed E-state index contributed by atoms with van der Waals surface area (Å²) >= 11 is 0. The number of benzene rings is 1. The molecule has 2 rings (SSSR count). The summed E-state index contributed by atoms with van der Waals surface area (Å²) in [4.78, 5) is 4.46. The van der Waals surface area contributed by atoms with E-state index in [0.717, 1.165) is 20.3 Å². The Morgan fingerprint density at radius 2 is 1.84 bits per heavy atom. The summed E-state index contributed by atoms with van der Waals surface area (Å²) in [6.45, 7) is 2.00. The van der Waals surface area contributed by atoms with E-state index in [2.05, 4.69) is 63.8 Å². The van der Waals surface area contributed by atoms with Gasteiger partial charge in [0.05, 0.1) is 13.8 Å². The fourth-order valence-electron chi connectivity index (χ4n) is 1.51. The van der Waals surface area contributed by atoms with Crippen LogP contribution in [0.2, 0.25) is 0 Å². The molecule has 0 fully saturated rings. The van der Waals surface area contributed by atoms with Crippen LogP contribution >= 0.6 is 0 Å². The molecule has 1 N–H and O–H groups in total. The predicted molar refractivity (Wildman–Crippen MR) is 72.3 cm³/mol. The zero-order valence-corrected chi connectivity index (χ0v) is 11.7. The lowest BCUT2D eigenvalue weighted by atomic mass is 10.2. The fourth-order valence-corrected chi connectivity index (χ4v) is 1.51. The average molecular weight is 286 g/mol. The summed E-state index contributed by atoms with van der Waals surface area (Å²) in [6.07, 6.45) is 4.23. The fraction of sp³-hybridized carbons (Fsp3) is 0.333. The molecule has 6 nitrogen and oxygen atoms in total. The van der Waals surface area contributed by atoms with Crippen LogP contribution in [0.5, 0.6) is 0 Å². The summed E-state index contributed by atoms with van der Waals surface area (Å²) in [7, 11) is -1.21. The smallest absolute Gasteiger partial charge is 0.362 e. The van der Waals surface area contributed by atoms with Gasteiger partial charge in [-0.15, -0.1) is 0 Å². The van der Waals surface area contributed by atoms with Gasteiger partial charge in [-0.3, -0.25) is 8.74 Å². The Balaban J connectivity index is 0.000000258. The lowest BCUT2D eigenvalue weighted by Crippen LogP contribution is -2.21. The second kappa shape index (κ2) is 7.13. The summed E-state index contributed by atoms with van der Waals surface area (Å²) in [5, 5.41) is 0. The first-order chi connectivity index (χ1) is 8.90. The molecule has 0 aromatic heterocycles. The molecule has 0 amide bonds. The van der Waals surface area contributed by atoms with E-state index in [0.29, 0.717) is 0 Å². The minimum Gasteiger partial charge on any atom is -0.362 e. The van der Waals surface area contributed by atoms with Crippen molar-refractivity contribution in [1.29, 1.82) is 0 Å². The minimum absolute atomic E-state index is 0.870. The Hall–Kier alpha value is -1.57. The van der Waals surface area contributed by atoms with Crippen molar-refractivity contribution in [3.63, 3.8) is 0 Å². The summed E-state index contributed by atoms with van der Waals surface area (Å²) in [5.74, 6) is 0. The van der Waals surface area contributed by atoms with Crippen molar-refractivity contribution in [2.45, 2.75) is 6.54 Å². The molecular formula is C12H18N2O4S. The maximum Gasteiger partial charge on any atom is 0.397 e. The van der Waals surface area contributed by atoms with Gasteiger partial charge in [-0.2, -0.15) is 8.42 Å². The predicted octanol–water partition coefficient (Wildman–Crippen LogP) is 1.30. The Labute approximate surface area is 113 Å². The van der Waals surface area contributed by atoms with Crippen LogP contribution in [0.3, 0.4) is 0 Å². The normalized spacial score (nSPS) is 14.3. The molecule has 7 heteroatoms. The third-order valence-electron chi connectivity index (χ3n) is 2.38. The first-order valence-electron chi connectivity index (χ1n) is 5.60. The van der Waals surface area contributed by atoms with Crippen LogP contribution in [-0.2, 0) is 21.1 Å². The molecule has 106 valence electrons. The third-order valence-corrected chi connectivity index (χ3v) is 2.80. The molecule has 1 aromatic rings. The number of hydrogen-bond donors (Lipinski definition) is 1. The highest BCUT2D eigenvalue weighted by molar-refractivity contribution is 7.80. The van der Waals surface area contributed by atoms with Crippen LogP contribution in [0, 0.1) is 0 Å². The van der Waals surface area contributed by atoms with Gasteiger partial charge in [-0.05, 0) is 5.56 Å². The number of nitrogens with zero attached hydrogens (tertiary/aromatic N) is 2. The molecule has 0 spiro atoms. The molecule has 0 atom stereocenters. The van der Waals surface area contributed by atoms with Crippen molar-refractivity contribution in [3.8, 4) is 0 Å². The highest BCUT2D eigenvalue weighted by Gasteiger charge is 2.07. The zero-order valence-electron chi connectivity index (χ0n) is 10.9. The molecule has 0 radical (unpaired) electrons. The van der Waals surface area contributed by atoms with Crippen LogP contribution in [0.1, 0.15) is 5.56 Å². The van der Waals surface area contributed by atoms with Crippen molar-refractivity contribution in [1.82, 2.24) is 9.80 Å². The average Bonchev–Trinajstić information content (AvgIpc) is 2.76. The quantitative estimate of drug-likeness (QED) is 0.845. The topological polar surface area (TPSA) is 70.1 Å². The van der Waals surface area contributed by atoms with Crippen molar-refractivity contribution >= 4 is 10.4 Å². The SMILES string of the molecule is CN1C=CN(Cc2ccccc2)C1.COS(=O)(=O)O. The second-order valence-corrected chi connectivity index (χ2v) is 5.21. The van der Waals surface area contributed by atoms with Gasteiger partial charge >= 0.3 is 10.4 Å². The van der Waals surface area contributed by atoms with Crippen molar-refractivity contribution in [3.05, 3.63) is 48.3 Å². The lowest BCUT2D eigenvalue weighted by Gasteiger charge is -2.17. The lowest BCUT2D eigenvalue weighted by molar-refractivity contribution is 0.291. The van der Waals surface area contributed by atoms with Crippen molar-refractivity contribution in [2.75, 3.05) is 20.8 Å². The molecule has 0 unspecified atom stereocenters. The maximum atomic E-state index is 9.33. The molecule has 19 heavy (non-hydrogen) atoms. The van der Waals surface area contributed by atoms with Gasteiger partial charge in [-0.25, -0.2) is 0 Å². The molecule has 1 aromatic carbocycles. The molecule has 1 aliphatic heterocycles. The van der Waals surface area contributed by atoms with E-state index >= 15 is 0 Å². The maximum absolute atomic E-state index is 9.33. The van der Waals surface area contributed by atoms with E-state index in [9.17, 15) is 8.42 Å². The summed E-state index contributed by atoms with van der Waals surface area (Å²) in [5.41, 5.74) is 1.36. The van der Waals surface area contributed by atoms with Crippen LogP contribution in [0.15, 0.2) is 42.7 Å². The Bertz CT molecular complexity index is 502. The van der Waals surface area contributed by atoms with E-state index in [4.69, 9.17) is 4.55 Å². The van der Waals surface area contributed by atoms with E-state index in [1.165, 1.54) is 5.56 Å². The molecule has 0 bridgehead atoms. The highest BCUT2D eigenvalue weighted by atomic mass is 32.3. The van der Waals surface area contributed by atoms with Gasteiger partial charge in [-0.1, -0.05) is 30.3 Å². The summed E-state index contributed by atoms with van der Waals surface area (Å²) < 4.78 is 29.7. The van der Waals surface area contributed by atoms with Gasteiger partial charge in [0.15, 0.2) is 0 Å². The Morgan fingerprint density at radius 1 is 1.26 bits per heavy atom. The van der Waals surface area contributed by atoms with Gasteiger partial charge in [0.1, 0.15) is 0 Å². The first-order valence-corrected chi connectivity index (χ1v) is 6.97. The Morgan fingerprint density at radius 3 is 2.26 bits per heavy atom. The molecule has 0 aliphatic carbocycles. The Kier molecular flexibility index (Phi) is 5.81. The van der Waals surface area contributed by atoms with Gasteiger partial charge < -0.3 is 9.80 Å². The largest absolute Gasteiger partial charge is 0.397 e. The molecule has 1 aliphatic rings. The van der Waals surface area contributed by atoms with Crippen molar-refractivity contribution in [2.24, 2.45) is 0 Å². The van der Waals surface area contributed by atoms with Crippen LogP contribution in [-0.4, -0.2) is 43.6 Å².